The molecule has 0 spiro atoms. The minimum Gasteiger partial charge on any atom is -0.347 e. The highest BCUT2D eigenvalue weighted by atomic mass is 35.5. The van der Waals surface area contributed by atoms with Gasteiger partial charge in [-0.1, -0.05) is 48.0 Å². The summed E-state index contributed by atoms with van der Waals surface area (Å²) >= 11 is 6.15. The number of anilines is 2. The number of nitrogens with one attached hydrogen (secondary N) is 2. The molecule has 132 valence electrons. The standard InChI is InChI=1S/C20H19ClN4O/c1-13-11-18(19(26)22-12-15-7-4-3-5-8-15)25-20(23-13)24-17-10-6-9-16(21)14(17)2/h3-11H,12H2,1-2H3,(H,22,26)(H,23,24,25). The second-order valence-corrected chi connectivity index (χ2v) is 6.33. The summed E-state index contributed by atoms with van der Waals surface area (Å²) in [7, 11) is 0. The summed E-state index contributed by atoms with van der Waals surface area (Å²) in [5, 5.41) is 6.67. The van der Waals surface area contributed by atoms with Crippen molar-refractivity contribution in [2.24, 2.45) is 0 Å². The first-order valence-corrected chi connectivity index (χ1v) is 8.60. The first-order valence-electron chi connectivity index (χ1n) is 8.23. The van der Waals surface area contributed by atoms with Crippen molar-refractivity contribution in [1.29, 1.82) is 0 Å². The molecule has 3 rings (SSSR count). The SMILES string of the molecule is Cc1cc(C(=O)NCc2ccccc2)nc(Nc2cccc(Cl)c2C)n1. The highest BCUT2D eigenvalue weighted by molar-refractivity contribution is 6.31. The molecule has 0 unspecified atom stereocenters. The van der Waals surface area contributed by atoms with E-state index < -0.39 is 0 Å². The van der Waals surface area contributed by atoms with Gasteiger partial charge in [0, 0.05) is 22.9 Å². The number of carbonyl (C=O) groups excluding carboxylic acids is 1. The van der Waals surface area contributed by atoms with Gasteiger partial charge in [-0.2, -0.15) is 0 Å². The van der Waals surface area contributed by atoms with Crippen LogP contribution in [0.1, 0.15) is 27.3 Å². The number of aromatic nitrogens is 2. The Labute approximate surface area is 157 Å². The van der Waals surface area contributed by atoms with Gasteiger partial charge in [0.2, 0.25) is 5.95 Å². The molecule has 0 aliphatic heterocycles. The number of aryl methyl sites for hydroxylation is 1. The molecule has 0 bridgehead atoms. The van der Waals surface area contributed by atoms with E-state index in [9.17, 15) is 4.79 Å². The van der Waals surface area contributed by atoms with Crippen molar-refractivity contribution >= 4 is 29.1 Å². The molecule has 0 aliphatic rings. The zero-order chi connectivity index (χ0) is 18.5. The zero-order valence-electron chi connectivity index (χ0n) is 14.6. The van der Waals surface area contributed by atoms with E-state index in [1.165, 1.54) is 0 Å². The molecule has 1 aromatic heterocycles. The number of amides is 1. The van der Waals surface area contributed by atoms with Gasteiger partial charge in [-0.3, -0.25) is 4.79 Å². The molecule has 26 heavy (non-hydrogen) atoms. The quantitative estimate of drug-likeness (QED) is 0.701. The molecule has 0 saturated carbocycles. The normalized spacial score (nSPS) is 10.4. The summed E-state index contributed by atoms with van der Waals surface area (Å²) in [5.41, 5.74) is 3.75. The summed E-state index contributed by atoms with van der Waals surface area (Å²) in [5.74, 6) is 0.116. The number of benzene rings is 2. The Morgan fingerprint density at radius 1 is 1.04 bits per heavy atom. The van der Waals surface area contributed by atoms with E-state index in [0.717, 1.165) is 16.8 Å². The lowest BCUT2D eigenvalue weighted by molar-refractivity contribution is 0.0945. The highest BCUT2D eigenvalue weighted by Crippen LogP contribution is 2.25. The molecule has 0 aliphatic carbocycles. The third kappa shape index (κ3) is 4.37. The van der Waals surface area contributed by atoms with Crippen molar-refractivity contribution in [2.75, 3.05) is 5.32 Å². The molecule has 2 aromatic carbocycles. The smallest absolute Gasteiger partial charge is 0.270 e. The second kappa shape index (κ2) is 7.97. The van der Waals surface area contributed by atoms with Crippen LogP contribution >= 0.6 is 11.6 Å². The lowest BCUT2D eigenvalue weighted by Gasteiger charge is -2.11. The van der Waals surface area contributed by atoms with Gasteiger partial charge in [-0.05, 0) is 43.2 Å². The Kier molecular flexibility index (Phi) is 5.49. The van der Waals surface area contributed by atoms with Gasteiger partial charge in [-0.15, -0.1) is 0 Å². The Hall–Kier alpha value is -2.92. The average Bonchev–Trinajstić information content (AvgIpc) is 2.64. The second-order valence-electron chi connectivity index (χ2n) is 5.92. The fraction of sp³-hybridized carbons (Fsp3) is 0.150. The van der Waals surface area contributed by atoms with Crippen LogP contribution in [0.3, 0.4) is 0 Å². The van der Waals surface area contributed by atoms with Crippen LogP contribution in [0.25, 0.3) is 0 Å². The molecular formula is C20H19ClN4O. The number of halogens is 1. The third-order valence-electron chi connectivity index (χ3n) is 3.90. The van der Waals surface area contributed by atoms with E-state index in [4.69, 9.17) is 11.6 Å². The summed E-state index contributed by atoms with van der Waals surface area (Å²) in [6.07, 6.45) is 0. The van der Waals surface area contributed by atoms with Crippen LogP contribution in [-0.2, 0) is 6.54 Å². The summed E-state index contributed by atoms with van der Waals surface area (Å²) in [6, 6.07) is 17.0. The van der Waals surface area contributed by atoms with Gasteiger partial charge in [0.1, 0.15) is 5.69 Å². The first-order chi connectivity index (χ1) is 12.5. The van der Waals surface area contributed by atoms with Gasteiger partial charge in [0.15, 0.2) is 0 Å². The lowest BCUT2D eigenvalue weighted by Crippen LogP contribution is -2.24. The Bertz CT molecular complexity index is 928. The van der Waals surface area contributed by atoms with Crippen LogP contribution in [0.5, 0.6) is 0 Å². The Balaban J connectivity index is 1.76. The van der Waals surface area contributed by atoms with E-state index in [-0.39, 0.29) is 5.91 Å². The molecule has 1 amide bonds. The predicted molar refractivity (Wildman–Crippen MR) is 104 cm³/mol. The highest BCUT2D eigenvalue weighted by Gasteiger charge is 2.11. The molecular weight excluding hydrogens is 348 g/mol. The molecule has 0 fully saturated rings. The van der Waals surface area contributed by atoms with Gasteiger partial charge in [0.05, 0.1) is 0 Å². The summed E-state index contributed by atoms with van der Waals surface area (Å²) in [4.78, 5) is 21.1. The number of hydrogen-bond donors (Lipinski definition) is 2. The van der Waals surface area contributed by atoms with Crippen molar-refractivity contribution in [1.82, 2.24) is 15.3 Å². The van der Waals surface area contributed by atoms with Crippen molar-refractivity contribution in [3.8, 4) is 0 Å². The van der Waals surface area contributed by atoms with Crippen molar-refractivity contribution in [3.05, 3.63) is 82.1 Å². The summed E-state index contributed by atoms with van der Waals surface area (Å²) < 4.78 is 0. The summed E-state index contributed by atoms with van der Waals surface area (Å²) in [6.45, 7) is 4.18. The average molecular weight is 367 g/mol. The van der Waals surface area contributed by atoms with Gasteiger partial charge in [-0.25, -0.2) is 9.97 Å². The van der Waals surface area contributed by atoms with Crippen LogP contribution in [-0.4, -0.2) is 15.9 Å². The van der Waals surface area contributed by atoms with E-state index in [1.54, 1.807) is 6.07 Å². The molecule has 0 saturated heterocycles. The van der Waals surface area contributed by atoms with Gasteiger partial charge < -0.3 is 10.6 Å². The molecule has 6 heteroatoms. The van der Waals surface area contributed by atoms with Crippen LogP contribution in [0.2, 0.25) is 5.02 Å². The molecule has 1 heterocycles. The maximum absolute atomic E-state index is 12.4. The minimum absolute atomic E-state index is 0.245. The Morgan fingerprint density at radius 3 is 2.58 bits per heavy atom. The lowest BCUT2D eigenvalue weighted by atomic mass is 10.2. The maximum Gasteiger partial charge on any atom is 0.270 e. The van der Waals surface area contributed by atoms with Crippen LogP contribution in [0, 0.1) is 13.8 Å². The topological polar surface area (TPSA) is 66.9 Å². The number of nitrogens with zero attached hydrogens (tertiary/aromatic N) is 2. The maximum atomic E-state index is 12.4. The van der Waals surface area contributed by atoms with Crippen LogP contribution in [0.4, 0.5) is 11.6 Å². The van der Waals surface area contributed by atoms with Gasteiger partial charge >= 0.3 is 0 Å². The van der Waals surface area contributed by atoms with E-state index in [0.29, 0.717) is 28.9 Å². The van der Waals surface area contributed by atoms with Crippen molar-refractivity contribution in [2.45, 2.75) is 20.4 Å². The zero-order valence-corrected chi connectivity index (χ0v) is 15.3. The predicted octanol–water partition coefficient (Wildman–Crippen LogP) is 4.42. The molecule has 0 radical (unpaired) electrons. The third-order valence-corrected chi connectivity index (χ3v) is 4.31. The van der Waals surface area contributed by atoms with E-state index >= 15 is 0 Å². The molecule has 2 N–H and O–H groups in total. The van der Waals surface area contributed by atoms with Gasteiger partial charge in [0.25, 0.3) is 5.91 Å². The molecule has 5 nitrogen and oxygen atoms in total. The Morgan fingerprint density at radius 2 is 1.81 bits per heavy atom. The first kappa shape index (κ1) is 17.9. The minimum atomic E-state index is -0.245. The fourth-order valence-corrected chi connectivity index (χ4v) is 2.65. The van der Waals surface area contributed by atoms with Crippen molar-refractivity contribution in [3.63, 3.8) is 0 Å². The van der Waals surface area contributed by atoms with Crippen molar-refractivity contribution < 1.29 is 4.79 Å². The number of rotatable bonds is 5. The van der Waals surface area contributed by atoms with Crippen LogP contribution in [0.15, 0.2) is 54.6 Å². The fourth-order valence-electron chi connectivity index (χ4n) is 2.47. The molecule has 0 atom stereocenters. The number of hydrogen-bond acceptors (Lipinski definition) is 4. The van der Waals surface area contributed by atoms with E-state index in [2.05, 4.69) is 20.6 Å². The molecule has 3 aromatic rings. The van der Waals surface area contributed by atoms with Crippen LogP contribution < -0.4 is 10.6 Å². The monoisotopic (exact) mass is 366 g/mol. The number of carbonyl (C=O) groups is 1. The van der Waals surface area contributed by atoms with E-state index in [1.807, 2.05) is 62.4 Å². The largest absolute Gasteiger partial charge is 0.347 e.